The van der Waals surface area contributed by atoms with E-state index in [1.807, 2.05) is 24.3 Å². The molecule has 8 heteroatoms. The number of aryl methyl sites for hydroxylation is 1. The van der Waals surface area contributed by atoms with Gasteiger partial charge in [-0.05, 0) is 25.5 Å². The molecular formula is C12H12BrClN2O2S2. The van der Waals surface area contributed by atoms with Crippen LogP contribution >= 0.6 is 38.9 Å². The summed E-state index contributed by atoms with van der Waals surface area (Å²) in [7, 11) is -3.63. The third-order valence-electron chi connectivity index (χ3n) is 2.68. The molecular weight excluding hydrogens is 384 g/mol. The maximum absolute atomic E-state index is 12.3. The SMILES string of the molecule is Cc1nc(Cl)sc1S(=O)(=O)NC(C)c1ccccc1Br. The number of rotatable bonds is 4. The summed E-state index contributed by atoms with van der Waals surface area (Å²) in [6.07, 6.45) is 0. The van der Waals surface area contributed by atoms with Gasteiger partial charge in [0.25, 0.3) is 10.0 Å². The molecule has 2 rings (SSSR count). The quantitative estimate of drug-likeness (QED) is 0.854. The van der Waals surface area contributed by atoms with E-state index in [0.717, 1.165) is 21.4 Å². The van der Waals surface area contributed by atoms with E-state index in [1.54, 1.807) is 13.8 Å². The van der Waals surface area contributed by atoms with Crippen molar-refractivity contribution >= 4 is 48.9 Å². The zero-order valence-corrected chi connectivity index (χ0v) is 14.7. The molecule has 0 saturated carbocycles. The van der Waals surface area contributed by atoms with Crippen molar-refractivity contribution in [1.29, 1.82) is 0 Å². The minimum atomic E-state index is -3.63. The summed E-state index contributed by atoms with van der Waals surface area (Å²) in [6.45, 7) is 3.41. The average Bonchev–Trinajstić information content (AvgIpc) is 2.69. The fraction of sp³-hybridized carbons (Fsp3) is 0.250. The first-order valence-corrected chi connectivity index (χ1v) is 9.18. The van der Waals surface area contributed by atoms with E-state index < -0.39 is 10.0 Å². The molecule has 0 aliphatic rings. The maximum Gasteiger partial charge on any atom is 0.252 e. The largest absolute Gasteiger partial charge is 0.252 e. The van der Waals surface area contributed by atoms with E-state index >= 15 is 0 Å². The van der Waals surface area contributed by atoms with Crippen LogP contribution in [0.4, 0.5) is 0 Å². The topological polar surface area (TPSA) is 59.1 Å². The summed E-state index contributed by atoms with van der Waals surface area (Å²) >= 11 is 10.1. The zero-order valence-electron chi connectivity index (χ0n) is 10.7. The Morgan fingerprint density at radius 1 is 1.40 bits per heavy atom. The van der Waals surface area contributed by atoms with Gasteiger partial charge in [-0.15, -0.1) is 0 Å². The lowest BCUT2D eigenvalue weighted by molar-refractivity contribution is 0.568. The first-order valence-electron chi connectivity index (χ1n) is 5.71. The van der Waals surface area contributed by atoms with Crippen molar-refractivity contribution in [3.8, 4) is 0 Å². The molecule has 1 atom stereocenters. The van der Waals surface area contributed by atoms with Crippen LogP contribution in [0, 0.1) is 6.92 Å². The Morgan fingerprint density at radius 2 is 2.05 bits per heavy atom. The summed E-state index contributed by atoms with van der Waals surface area (Å²) in [6, 6.07) is 7.11. The lowest BCUT2D eigenvalue weighted by Crippen LogP contribution is -2.27. The Bertz CT molecular complexity index is 731. The second-order valence-electron chi connectivity index (χ2n) is 4.20. The molecule has 0 saturated heterocycles. The monoisotopic (exact) mass is 394 g/mol. The highest BCUT2D eigenvalue weighted by molar-refractivity contribution is 9.10. The smallest absolute Gasteiger partial charge is 0.229 e. The number of sulfonamides is 1. The third kappa shape index (κ3) is 3.40. The van der Waals surface area contributed by atoms with Crippen LogP contribution < -0.4 is 4.72 Å². The van der Waals surface area contributed by atoms with Crippen LogP contribution in [0.2, 0.25) is 4.47 Å². The van der Waals surface area contributed by atoms with Crippen LogP contribution in [-0.4, -0.2) is 13.4 Å². The van der Waals surface area contributed by atoms with Gasteiger partial charge in [0.2, 0.25) is 0 Å². The number of nitrogens with one attached hydrogen (secondary N) is 1. The lowest BCUT2D eigenvalue weighted by atomic mass is 10.1. The number of thiazole rings is 1. The highest BCUT2D eigenvalue weighted by Gasteiger charge is 2.24. The van der Waals surface area contributed by atoms with E-state index in [1.165, 1.54) is 0 Å². The summed E-state index contributed by atoms with van der Waals surface area (Å²) in [5, 5.41) is 0. The van der Waals surface area contributed by atoms with Crippen LogP contribution in [0.3, 0.4) is 0 Å². The van der Waals surface area contributed by atoms with Crippen molar-refractivity contribution in [2.75, 3.05) is 0 Å². The van der Waals surface area contributed by atoms with Gasteiger partial charge in [-0.3, -0.25) is 0 Å². The number of nitrogens with zero attached hydrogens (tertiary/aromatic N) is 1. The fourth-order valence-corrected chi connectivity index (χ4v) is 5.38. The Labute approximate surface area is 135 Å². The van der Waals surface area contributed by atoms with E-state index in [4.69, 9.17) is 11.6 Å². The number of hydrogen-bond donors (Lipinski definition) is 1. The minimum Gasteiger partial charge on any atom is -0.229 e. The standard InChI is InChI=1S/C12H12BrClN2O2S2/c1-7(9-5-3-4-6-10(9)13)16-20(17,18)11-8(2)15-12(14)19-11/h3-7,16H,1-2H3. The minimum absolute atomic E-state index is 0.154. The van der Waals surface area contributed by atoms with Crippen molar-refractivity contribution in [1.82, 2.24) is 9.71 Å². The number of benzene rings is 1. The van der Waals surface area contributed by atoms with Crippen molar-refractivity contribution in [3.05, 3.63) is 44.5 Å². The normalized spacial score (nSPS) is 13.4. The van der Waals surface area contributed by atoms with Crippen LogP contribution in [0.5, 0.6) is 0 Å². The predicted octanol–water partition coefficient (Wildman–Crippen LogP) is 3.91. The van der Waals surface area contributed by atoms with Gasteiger partial charge in [0.1, 0.15) is 0 Å². The molecule has 1 unspecified atom stereocenters. The molecule has 2 aromatic rings. The Kier molecular flexibility index (Phi) is 4.86. The molecule has 0 aliphatic carbocycles. The van der Waals surface area contributed by atoms with E-state index in [2.05, 4.69) is 25.6 Å². The molecule has 0 aliphatic heterocycles. The second-order valence-corrected chi connectivity index (χ2v) is 8.55. The third-order valence-corrected chi connectivity index (χ3v) is 6.81. The molecule has 0 amide bonds. The molecule has 1 aromatic heterocycles. The first-order chi connectivity index (χ1) is 9.31. The summed E-state index contributed by atoms with van der Waals surface area (Å²) in [5.41, 5.74) is 1.27. The van der Waals surface area contributed by atoms with Crippen LogP contribution in [-0.2, 0) is 10.0 Å². The molecule has 1 N–H and O–H groups in total. The van der Waals surface area contributed by atoms with Gasteiger partial charge < -0.3 is 0 Å². The van der Waals surface area contributed by atoms with E-state index in [9.17, 15) is 8.42 Å². The molecule has 1 heterocycles. The Morgan fingerprint density at radius 3 is 2.60 bits per heavy atom. The van der Waals surface area contributed by atoms with E-state index in [-0.39, 0.29) is 14.7 Å². The van der Waals surface area contributed by atoms with Gasteiger partial charge in [0, 0.05) is 10.5 Å². The van der Waals surface area contributed by atoms with Crippen molar-refractivity contribution in [3.63, 3.8) is 0 Å². The molecule has 0 spiro atoms. The average molecular weight is 396 g/mol. The zero-order chi connectivity index (χ0) is 14.9. The molecule has 0 fully saturated rings. The molecule has 108 valence electrons. The highest BCUT2D eigenvalue weighted by atomic mass is 79.9. The van der Waals surface area contributed by atoms with Gasteiger partial charge in [-0.2, -0.15) is 0 Å². The lowest BCUT2D eigenvalue weighted by Gasteiger charge is -2.15. The van der Waals surface area contributed by atoms with Crippen LogP contribution in [0.1, 0.15) is 24.2 Å². The fourth-order valence-electron chi connectivity index (χ4n) is 1.78. The maximum atomic E-state index is 12.3. The van der Waals surface area contributed by atoms with Crippen molar-refractivity contribution < 1.29 is 8.42 Å². The van der Waals surface area contributed by atoms with Crippen molar-refractivity contribution in [2.24, 2.45) is 0 Å². The highest BCUT2D eigenvalue weighted by Crippen LogP contribution is 2.29. The van der Waals surface area contributed by atoms with Gasteiger partial charge in [-0.25, -0.2) is 18.1 Å². The molecule has 0 radical (unpaired) electrons. The van der Waals surface area contributed by atoms with Gasteiger partial charge >= 0.3 is 0 Å². The Hall–Kier alpha value is -0.470. The Balaban J connectivity index is 2.29. The van der Waals surface area contributed by atoms with Gasteiger partial charge in [0.15, 0.2) is 8.68 Å². The van der Waals surface area contributed by atoms with E-state index in [0.29, 0.717) is 5.69 Å². The number of hydrogen-bond acceptors (Lipinski definition) is 4. The predicted molar refractivity (Wildman–Crippen MR) is 84.7 cm³/mol. The molecule has 4 nitrogen and oxygen atoms in total. The summed E-state index contributed by atoms with van der Waals surface area (Å²) in [4.78, 5) is 3.93. The summed E-state index contributed by atoms with van der Waals surface area (Å²) in [5.74, 6) is 0. The first kappa shape index (κ1) is 15.9. The summed E-state index contributed by atoms with van der Waals surface area (Å²) < 4.78 is 28.6. The second kappa shape index (κ2) is 6.11. The molecule has 20 heavy (non-hydrogen) atoms. The van der Waals surface area contributed by atoms with Gasteiger partial charge in [0.05, 0.1) is 5.69 Å². The van der Waals surface area contributed by atoms with Crippen LogP contribution in [0.25, 0.3) is 0 Å². The molecule has 0 bridgehead atoms. The molecule has 1 aromatic carbocycles. The van der Waals surface area contributed by atoms with Gasteiger partial charge in [-0.1, -0.05) is 57.1 Å². The number of halogens is 2. The van der Waals surface area contributed by atoms with Crippen molar-refractivity contribution in [2.45, 2.75) is 24.1 Å². The van der Waals surface area contributed by atoms with Crippen LogP contribution in [0.15, 0.2) is 32.9 Å². The number of aromatic nitrogens is 1.